The molecule has 1 aliphatic rings. The maximum absolute atomic E-state index is 11.4. The highest BCUT2D eigenvalue weighted by molar-refractivity contribution is 5.84. The number of carbonyl (C=O) groups is 1. The second-order valence-corrected chi connectivity index (χ2v) is 5.31. The van der Waals surface area contributed by atoms with Crippen molar-refractivity contribution in [2.45, 2.75) is 45.1 Å². The largest absolute Gasteiger partial charge is 0.463 e. The Morgan fingerprint density at radius 3 is 3.05 bits per heavy atom. The lowest BCUT2D eigenvalue weighted by Crippen LogP contribution is -2.27. The molecular weight excluding hydrogens is 256 g/mol. The fraction of sp³-hybridized carbons (Fsp3) is 0.714. The van der Waals surface area contributed by atoms with Crippen LogP contribution in [0.25, 0.3) is 0 Å². The third kappa shape index (κ3) is 2.98. The zero-order valence-corrected chi connectivity index (χ0v) is 12.0. The number of carbonyl (C=O) groups excluding carboxylic acids is 1. The van der Waals surface area contributed by atoms with Gasteiger partial charge in [-0.2, -0.15) is 5.26 Å². The summed E-state index contributed by atoms with van der Waals surface area (Å²) < 4.78 is 6.28. The Kier molecular flexibility index (Phi) is 4.72. The summed E-state index contributed by atoms with van der Waals surface area (Å²) >= 11 is 0. The van der Waals surface area contributed by atoms with Crippen LogP contribution in [-0.2, 0) is 4.74 Å². The SMILES string of the molecule is CCCC1CCC(C#N)C(n2cnc(C(=O)OC)n2)C1. The van der Waals surface area contributed by atoms with Gasteiger partial charge in [0.25, 0.3) is 5.82 Å². The Labute approximate surface area is 118 Å². The van der Waals surface area contributed by atoms with Gasteiger partial charge in [0.15, 0.2) is 0 Å². The van der Waals surface area contributed by atoms with Crippen LogP contribution in [0.3, 0.4) is 0 Å². The molecule has 0 N–H and O–H groups in total. The van der Waals surface area contributed by atoms with E-state index < -0.39 is 5.97 Å². The van der Waals surface area contributed by atoms with E-state index in [1.54, 1.807) is 4.68 Å². The van der Waals surface area contributed by atoms with Gasteiger partial charge in [0.1, 0.15) is 6.33 Å². The Morgan fingerprint density at radius 1 is 1.60 bits per heavy atom. The smallest absolute Gasteiger partial charge is 0.377 e. The van der Waals surface area contributed by atoms with Crippen molar-refractivity contribution in [3.63, 3.8) is 0 Å². The molecular formula is C14H20N4O2. The maximum Gasteiger partial charge on any atom is 0.377 e. The van der Waals surface area contributed by atoms with Crippen molar-refractivity contribution >= 4 is 5.97 Å². The second-order valence-electron chi connectivity index (χ2n) is 5.31. The summed E-state index contributed by atoms with van der Waals surface area (Å²) in [5.41, 5.74) is 0. The van der Waals surface area contributed by atoms with E-state index in [2.05, 4.69) is 27.8 Å². The molecule has 0 aromatic carbocycles. The summed E-state index contributed by atoms with van der Waals surface area (Å²) in [6, 6.07) is 2.37. The van der Waals surface area contributed by atoms with E-state index in [0.29, 0.717) is 5.92 Å². The minimum atomic E-state index is -0.543. The summed E-state index contributed by atoms with van der Waals surface area (Å²) in [4.78, 5) is 15.4. The average Bonchev–Trinajstić information content (AvgIpc) is 2.96. The van der Waals surface area contributed by atoms with Crippen LogP contribution in [-0.4, -0.2) is 27.8 Å². The molecule has 0 bridgehead atoms. The van der Waals surface area contributed by atoms with Gasteiger partial charge in [-0.1, -0.05) is 19.8 Å². The highest BCUT2D eigenvalue weighted by Crippen LogP contribution is 2.38. The van der Waals surface area contributed by atoms with E-state index in [9.17, 15) is 10.1 Å². The van der Waals surface area contributed by atoms with Crippen molar-refractivity contribution in [3.8, 4) is 6.07 Å². The zero-order valence-electron chi connectivity index (χ0n) is 12.0. The molecule has 20 heavy (non-hydrogen) atoms. The van der Waals surface area contributed by atoms with Crippen molar-refractivity contribution in [3.05, 3.63) is 12.2 Å². The number of esters is 1. The minimum absolute atomic E-state index is 0.0104. The van der Waals surface area contributed by atoms with Crippen molar-refractivity contribution < 1.29 is 9.53 Å². The zero-order chi connectivity index (χ0) is 14.5. The summed E-state index contributed by atoms with van der Waals surface area (Å²) in [5, 5.41) is 13.5. The first kappa shape index (κ1) is 14.5. The van der Waals surface area contributed by atoms with Gasteiger partial charge in [0, 0.05) is 0 Å². The second kappa shape index (κ2) is 6.51. The highest BCUT2D eigenvalue weighted by atomic mass is 16.5. The monoisotopic (exact) mass is 276 g/mol. The molecule has 6 heteroatoms. The van der Waals surface area contributed by atoms with Crippen LogP contribution >= 0.6 is 0 Å². The van der Waals surface area contributed by atoms with Crippen LogP contribution in [0.4, 0.5) is 0 Å². The van der Waals surface area contributed by atoms with E-state index in [0.717, 1.165) is 25.7 Å². The van der Waals surface area contributed by atoms with Crippen LogP contribution in [0.1, 0.15) is 55.7 Å². The number of methoxy groups -OCH3 is 1. The summed E-state index contributed by atoms with van der Waals surface area (Å²) in [6.45, 7) is 2.18. The standard InChI is InChI=1S/C14H20N4O2/c1-3-4-10-5-6-11(8-15)12(7-10)18-9-16-13(17-18)14(19)20-2/h9-12H,3-7H2,1-2H3. The molecule has 1 aromatic rings. The number of aromatic nitrogens is 3. The highest BCUT2D eigenvalue weighted by Gasteiger charge is 2.32. The van der Waals surface area contributed by atoms with Gasteiger partial charge in [-0.05, 0) is 25.2 Å². The molecule has 0 amide bonds. The van der Waals surface area contributed by atoms with Crippen LogP contribution < -0.4 is 0 Å². The number of nitrogens with zero attached hydrogens (tertiary/aromatic N) is 4. The molecule has 3 unspecified atom stereocenters. The summed E-state index contributed by atoms with van der Waals surface area (Å²) in [6.07, 6.45) is 6.78. The summed E-state index contributed by atoms with van der Waals surface area (Å²) in [7, 11) is 1.30. The normalized spacial score (nSPS) is 25.9. The van der Waals surface area contributed by atoms with E-state index in [1.165, 1.54) is 19.9 Å². The van der Waals surface area contributed by atoms with E-state index in [-0.39, 0.29) is 17.8 Å². The Bertz CT molecular complexity index is 506. The molecule has 0 aliphatic heterocycles. The van der Waals surface area contributed by atoms with Gasteiger partial charge >= 0.3 is 5.97 Å². The predicted octanol–water partition coefficient (Wildman–Crippen LogP) is 2.35. The topological polar surface area (TPSA) is 80.8 Å². The van der Waals surface area contributed by atoms with Crippen LogP contribution in [0, 0.1) is 23.2 Å². The molecule has 1 aromatic heterocycles. The van der Waals surface area contributed by atoms with Gasteiger partial charge in [0.05, 0.1) is 25.1 Å². The Balaban J connectivity index is 2.16. The van der Waals surface area contributed by atoms with Gasteiger partial charge in [-0.25, -0.2) is 14.5 Å². The summed E-state index contributed by atoms with van der Waals surface area (Å²) in [5.74, 6) is 0.0793. The van der Waals surface area contributed by atoms with Crippen molar-refractivity contribution in [1.82, 2.24) is 14.8 Å². The molecule has 108 valence electrons. The number of hydrogen-bond donors (Lipinski definition) is 0. The van der Waals surface area contributed by atoms with Crippen molar-refractivity contribution in [2.24, 2.45) is 11.8 Å². The van der Waals surface area contributed by atoms with E-state index in [4.69, 9.17) is 0 Å². The van der Waals surface area contributed by atoms with Crippen LogP contribution in [0.2, 0.25) is 0 Å². The molecule has 3 atom stereocenters. The maximum atomic E-state index is 11.4. The van der Waals surface area contributed by atoms with Gasteiger partial charge in [0.2, 0.25) is 0 Å². The predicted molar refractivity (Wildman–Crippen MR) is 71.8 cm³/mol. The first-order chi connectivity index (χ1) is 9.69. The lowest BCUT2D eigenvalue weighted by Gasteiger charge is -2.32. The van der Waals surface area contributed by atoms with Gasteiger partial charge in [-0.3, -0.25) is 0 Å². The van der Waals surface area contributed by atoms with E-state index in [1.807, 2.05) is 0 Å². The molecule has 1 fully saturated rings. The third-order valence-corrected chi connectivity index (χ3v) is 4.00. The van der Waals surface area contributed by atoms with Crippen molar-refractivity contribution in [2.75, 3.05) is 7.11 Å². The fourth-order valence-electron chi connectivity index (χ4n) is 2.96. The van der Waals surface area contributed by atoms with Crippen molar-refractivity contribution in [1.29, 1.82) is 5.26 Å². The molecule has 1 heterocycles. The lowest BCUT2D eigenvalue weighted by molar-refractivity contribution is 0.0585. The lowest BCUT2D eigenvalue weighted by atomic mass is 9.77. The molecule has 1 aliphatic carbocycles. The van der Waals surface area contributed by atoms with Crippen LogP contribution in [0.5, 0.6) is 0 Å². The molecule has 0 saturated heterocycles. The Morgan fingerprint density at radius 2 is 2.40 bits per heavy atom. The van der Waals surface area contributed by atoms with E-state index >= 15 is 0 Å². The minimum Gasteiger partial charge on any atom is -0.463 e. The number of hydrogen-bond acceptors (Lipinski definition) is 5. The molecule has 1 saturated carbocycles. The molecule has 2 rings (SSSR count). The van der Waals surface area contributed by atoms with Gasteiger partial charge in [-0.15, -0.1) is 5.10 Å². The quantitative estimate of drug-likeness (QED) is 0.788. The first-order valence-electron chi connectivity index (χ1n) is 7.08. The Hall–Kier alpha value is -1.90. The van der Waals surface area contributed by atoms with Crippen LogP contribution in [0.15, 0.2) is 6.33 Å². The molecule has 0 spiro atoms. The fourth-order valence-corrected chi connectivity index (χ4v) is 2.96. The number of rotatable bonds is 4. The number of nitriles is 1. The van der Waals surface area contributed by atoms with Gasteiger partial charge < -0.3 is 4.74 Å². The molecule has 0 radical (unpaired) electrons. The number of ether oxygens (including phenoxy) is 1. The molecule has 6 nitrogen and oxygen atoms in total. The first-order valence-corrected chi connectivity index (χ1v) is 7.08. The third-order valence-electron chi connectivity index (χ3n) is 4.00. The average molecular weight is 276 g/mol.